The minimum absolute atomic E-state index is 1.29. The molecule has 0 nitrogen and oxygen atoms in total. The van der Waals surface area contributed by atoms with E-state index >= 15 is 0 Å². The van der Waals surface area contributed by atoms with E-state index in [0.717, 1.165) is 0 Å². The van der Waals surface area contributed by atoms with Crippen molar-refractivity contribution in [1.29, 1.82) is 0 Å². The van der Waals surface area contributed by atoms with Crippen molar-refractivity contribution >= 4 is 42.3 Å². The monoisotopic (exact) mass is 310 g/mol. The van der Waals surface area contributed by atoms with Crippen molar-refractivity contribution in [3.8, 4) is 11.1 Å². The third kappa shape index (κ3) is 1.90. The first-order valence-electron chi connectivity index (χ1n) is 7.80. The number of hydrogen-bond acceptors (Lipinski definition) is 1. The minimum atomic E-state index is 1.29. The summed E-state index contributed by atoms with van der Waals surface area (Å²) < 4.78 is 2.77. The maximum atomic E-state index is 2.27. The Bertz CT molecular complexity index is 1150. The highest BCUT2D eigenvalue weighted by molar-refractivity contribution is 7.27. The standard InChI is InChI=1S/C22H14S/c1-2-7-15(8-3-1)18-11-6-12-19-20-14-13-16-9-4-5-10-17(16)22(20)23-21(18)19/h1-14H. The van der Waals surface area contributed by atoms with Crippen molar-refractivity contribution in [2.45, 2.75) is 0 Å². The Hall–Kier alpha value is -2.64. The molecule has 0 radical (unpaired) electrons. The van der Waals surface area contributed by atoms with Crippen LogP contribution in [0.5, 0.6) is 0 Å². The Labute approximate surface area is 138 Å². The smallest absolute Gasteiger partial charge is 0.0434 e. The third-order valence-corrected chi connectivity index (χ3v) is 5.76. The van der Waals surface area contributed by atoms with Gasteiger partial charge in [0.25, 0.3) is 0 Å². The SMILES string of the molecule is c1ccc(-c2cccc3c2sc2c4ccccc4ccc32)cc1. The highest BCUT2D eigenvalue weighted by Gasteiger charge is 2.11. The quantitative estimate of drug-likeness (QED) is 0.317. The summed E-state index contributed by atoms with van der Waals surface area (Å²) in [4.78, 5) is 0. The van der Waals surface area contributed by atoms with Crippen LogP contribution in [0.2, 0.25) is 0 Å². The van der Waals surface area contributed by atoms with Crippen molar-refractivity contribution in [3.05, 3.63) is 84.9 Å². The number of rotatable bonds is 1. The van der Waals surface area contributed by atoms with E-state index in [4.69, 9.17) is 0 Å². The average molecular weight is 310 g/mol. The summed E-state index contributed by atoms with van der Waals surface area (Å²) in [7, 11) is 0. The molecule has 108 valence electrons. The highest BCUT2D eigenvalue weighted by atomic mass is 32.1. The topological polar surface area (TPSA) is 0 Å². The summed E-state index contributed by atoms with van der Waals surface area (Å²) >= 11 is 1.91. The fourth-order valence-electron chi connectivity index (χ4n) is 3.37. The van der Waals surface area contributed by atoms with Crippen LogP contribution in [0, 0.1) is 0 Å². The first kappa shape index (κ1) is 12.9. The molecule has 0 aliphatic rings. The predicted octanol–water partition coefficient (Wildman–Crippen LogP) is 6.87. The molecule has 0 saturated heterocycles. The Morgan fingerprint density at radius 1 is 0.478 bits per heavy atom. The molecule has 0 fully saturated rings. The zero-order valence-electron chi connectivity index (χ0n) is 12.5. The Balaban J connectivity index is 1.95. The molecule has 0 amide bonds. The van der Waals surface area contributed by atoms with Gasteiger partial charge in [-0.1, -0.05) is 84.9 Å². The second-order valence-corrected chi connectivity index (χ2v) is 6.83. The summed E-state index contributed by atoms with van der Waals surface area (Å²) in [5.74, 6) is 0. The summed E-state index contributed by atoms with van der Waals surface area (Å²) in [5, 5.41) is 5.39. The van der Waals surface area contributed by atoms with Gasteiger partial charge in [0.15, 0.2) is 0 Å². The van der Waals surface area contributed by atoms with Crippen molar-refractivity contribution in [2.75, 3.05) is 0 Å². The van der Waals surface area contributed by atoms with Crippen LogP contribution >= 0.6 is 11.3 Å². The minimum Gasteiger partial charge on any atom is -0.134 e. The molecule has 0 N–H and O–H groups in total. The molecule has 1 heterocycles. The van der Waals surface area contributed by atoms with Crippen LogP contribution in [0.15, 0.2) is 84.9 Å². The van der Waals surface area contributed by atoms with Crippen molar-refractivity contribution in [3.63, 3.8) is 0 Å². The molecule has 0 aliphatic carbocycles. The normalized spacial score (nSPS) is 11.5. The fraction of sp³-hybridized carbons (Fsp3) is 0. The third-order valence-electron chi connectivity index (χ3n) is 4.47. The Kier molecular flexibility index (Phi) is 2.76. The first-order valence-corrected chi connectivity index (χ1v) is 8.62. The van der Waals surface area contributed by atoms with E-state index in [2.05, 4.69) is 84.9 Å². The zero-order valence-corrected chi connectivity index (χ0v) is 13.3. The lowest BCUT2D eigenvalue weighted by atomic mass is 10.0. The van der Waals surface area contributed by atoms with Gasteiger partial charge < -0.3 is 0 Å². The second-order valence-electron chi connectivity index (χ2n) is 5.81. The van der Waals surface area contributed by atoms with Gasteiger partial charge in [-0.3, -0.25) is 0 Å². The molecule has 4 aromatic carbocycles. The van der Waals surface area contributed by atoms with Crippen molar-refractivity contribution in [1.82, 2.24) is 0 Å². The van der Waals surface area contributed by atoms with E-state index < -0.39 is 0 Å². The van der Waals surface area contributed by atoms with Gasteiger partial charge in [-0.2, -0.15) is 0 Å². The predicted molar refractivity (Wildman–Crippen MR) is 102 cm³/mol. The second kappa shape index (κ2) is 4.94. The van der Waals surface area contributed by atoms with E-state index in [1.54, 1.807) is 0 Å². The molecule has 0 unspecified atom stereocenters. The molecular formula is C22H14S. The van der Waals surface area contributed by atoms with Gasteiger partial charge in [0.05, 0.1) is 0 Å². The van der Waals surface area contributed by atoms with Gasteiger partial charge in [0, 0.05) is 20.2 Å². The Morgan fingerprint density at radius 3 is 2.13 bits per heavy atom. The molecule has 5 aromatic rings. The van der Waals surface area contributed by atoms with Crippen LogP contribution in [0.4, 0.5) is 0 Å². The van der Waals surface area contributed by atoms with E-state index in [1.165, 1.54) is 42.1 Å². The van der Waals surface area contributed by atoms with Gasteiger partial charge in [0.2, 0.25) is 0 Å². The van der Waals surface area contributed by atoms with Gasteiger partial charge in [-0.15, -0.1) is 11.3 Å². The van der Waals surface area contributed by atoms with Crippen LogP contribution in [-0.4, -0.2) is 0 Å². The molecular weight excluding hydrogens is 296 g/mol. The van der Waals surface area contributed by atoms with Crippen molar-refractivity contribution in [2.24, 2.45) is 0 Å². The molecule has 0 saturated carbocycles. The number of fused-ring (bicyclic) bond motifs is 5. The molecule has 23 heavy (non-hydrogen) atoms. The molecule has 0 spiro atoms. The molecule has 0 bridgehead atoms. The van der Waals surface area contributed by atoms with Gasteiger partial charge >= 0.3 is 0 Å². The molecule has 1 heteroatoms. The summed E-state index contributed by atoms with van der Waals surface area (Å²) in [6.07, 6.45) is 0. The van der Waals surface area contributed by atoms with Crippen molar-refractivity contribution < 1.29 is 0 Å². The lowest BCUT2D eigenvalue weighted by molar-refractivity contribution is 1.67. The van der Waals surface area contributed by atoms with E-state index in [9.17, 15) is 0 Å². The number of hydrogen-bond donors (Lipinski definition) is 0. The first-order chi connectivity index (χ1) is 11.4. The lowest BCUT2D eigenvalue weighted by Gasteiger charge is -2.02. The zero-order chi connectivity index (χ0) is 15.2. The molecule has 5 rings (SSSR count). The van der Waals surface area contributed by atoms with Crippen LogP contribution in [0.1, 0.15) is 0 Å². The number of thiophene rings is 1. The Morgan fingerprint density at radius 2 is 1.22 bits per heavy atom. The van der Waals surface area contributed by atoms with Crippen LogP contribution in [-0.2, 0) is 0 Å². The average Bonchev–Trinajstić information content (AvgIpc) is 3.01. The summed E-state index contributed by atoms with van der Waals surface area (Å²) in [6.45, 7) is 0. The lowest BCUT2D eigenvalue weighted by Crippen LogP contribution is -1.76. The highest BCUT2D eigenvalue weighted by Crippen LogP contribution is 2.42. The summed E-state index contributed by atoms with van der Waals surface area (Å²) in [5.41, 5.74) is 2.61. The van der Waals surface area contributed by atoms with Crippen LogP contribution in [0.3, 0.4) is 0 Å². The number of benzene rings is 4. The van der Waals surface area contributed by atoms with Gasteiger partial charge in [-0.25, -0.2) is 0 Å². The summed E-state index contributed by atoms with van der Waals surface area (Å²) in [6, 6.07) is 30.5. The maximum Gasteiger partial charge on any atom is 0.0434 e. The van der Waals surface area contributed by atoms with Gasteiger partial charge in [-0.05, 0) is 21.9 Å². The van der Waals surface area contributed by atoms with E-state index in [-0.39, 0.29) is 0 Å². The van der Waals surface area contributed by atoms with E-state index in [0.29, 0.717) is 0 Å². The van der Waals surface area contributed by atoms with Crippen LogP contribution in [0.25, 0.3) is 42.1 Å². The molecule has 0 atom stereocenters. The van der Waals surface area contributed by atoms with Gasteiger partial charge in [0.1, 0.15) is 0 Å². The largest absolute Gasteiger partial charge is 0.134 e. The fourth-order valence-corrected chi connectivity index (χ4v) is 4.74. The molecule has 1 aromatic heterocycles. The van der Waals surface area contributed by atoms with E-state index in [1.807, 2.05) is 11.3 Å². The molecule has 0 aliphatic heterocycles. The maximum absolute atomic E-state index is 2.27. The van der Waals surface area contributed by atoms with Crippen LogP contribution < -0.4 is 0 Å².